The summed E-state index contributed by atoms with van der Waals surface area (Å²) in [6.07, 6.45) is 7.87. The first-order valence-corrected chi connectivity index (χ1v) is 7.61. The highest BCUT2D eigenvalue weighted by Gasteiger charge is 2.35. The molecule has 2 aliphatic carbocycles. The van der Waals surface area contributed by atoms with Crippen LogP contribution < -0.4 is 5.32 Å². The van der Waals surface area contributed by atoms with E-state index in [9.17, 15) is 9.59 Å². The number of carbonyl (C=O) groups excluding carboxylic acids is 1. The molecule has 2 fully saturated rings. The van der Waals surface area contributed by atoms with Crippen molar-refractivity contribution < 1.29 is 14.7 Å². The number of carbonyl (C=O) groups is 2. The third-order valence-electron chi connectivity index (χ3n) is 4.84. The van der Waals surface area contributed by atoms with Crippen molar-refractivity contribution in [1.29, 1.82) is 0 Å². The highest BCUT2D eigenvalue weighted by atomic mass is 16.4. The lowest BCUT2D eigenvalue weighted by Gasteiger charge is -2.24. The van der Waals surface area contributed by atoms with E-state index in [1.54, 1.807) is 0 Å². The fraction of sp³-hybridized carbons (Fsp3) is 0.867. The van der Waals surface area contributed by atoms with E-state index in [1.807, 2.05) is 0 Å². The zero-order valence-electron chi connectivity index (χ0n) is 11.7. The predicted molar refractivity (Wildman–Crippen MR) is 72.6 cm³/mol. The lowest BCUT2D eigenvalue weighted by molar-refractivity contribution is -0.141. The number of hydrogen-bond acceptors (Lipinski definition) is 2. The molecule has 0 aromatic heterocycles. The molecule has 2 N–H and O–H groups in total. The van der Waals surface area contributed by atoms with E-state index in [0.717, 1.165) is 12.8 Å². The van der Waals surface area contributed by atoms with Crippen molar-refractivity contribution in [3.05, 3.63) is 0 Å². The van der Waals surface area contributed by atoms with Gasteiger partial charge in [-0.15, -0.1) is 0 Å². The number of rotatable bonds is 3. The molecule has 0 heterocycles. The van der Waals surface area contributed by atoms with Crippen LogP contribution in [0.5, 0.6) is 0 Å². The lowest BCUT2D eigenvalue weighted by Crippen LogP contribution is -2.41. The van der Waals surface area contributed by atoms with Crippen molar-refractivity contribution >= 4 is 11.9 Å². The number of carboxylic acids is 1. The Labute approximate surface area is 115 Å². The summed E-state index contributed by atoms with van der Waals surface area (Å²) in [6.45, 7) is 2.21. The second kappa shape index (κ2) is 6.40. The number of carboxylic acid groups (broad SMARTS) is 1. The van der Waals surface area contributed by atoms with Gasteiger partial charge in [0.1, 0.15) is 0 Å². The van der Waals surface area contributed by atoms with Gasteiger partial charge >= 0.3 is 5.97 Å². The van der Waals surface area contributed by atoms with E-state index in [2.05, 4.69) is 12.2 Å². The van der Waals surface area contributed by atoms with Gasteiger partial charge < -0.3 is 10.4 Å². The summed E-state index contributed by atoms with van der Waals surface area (Å²) < 4.78 is 0. The second-order valence-corrected chi connectivity index (χ2v) is 6.28. The van der Waals surface area contributed by atoms with Crippen LogP contribution in [0.4, 0.5) is 0 Å². The van der Waals surface area contributed by atoms with Crippen molar-refractivity contribution in [2.75, 3.05) is 0 Å². The lowest BCUT2D eigenvalue weighted by atomic mass is 9.95. The van der Waals surface area contributed by atoms with Crippen LogP contribution in [0.3, 0.4) is 0 Å². The summed E-state index contributed by atoms with van der Waals surface area (Å²) in [7, 11) is 0. The molecule has 1 amide bonds. The van der Waals surface area contributed by atoms with Crippen LogP contribution in [-0.4, -0.2) is 23.0 Å². The Hall–Kier alpha value is -1.06. The normalized spacial score (nSPS) is 35.6. The standard InChI is InChI=1S/C15H25NO3/c1-10-5-3-2-4-6-13(10)16-14(17)11-7-8-12(9-11)15(18)19/h10-13H,2-9H2,1H3,(H,16,17)(H,18,19)/t10?,11-,12+,13?/m1/s1. The Morgan fingerprint density at radius 1 is 1.00 bits per heavy atom. The average Bonchev–Trinajstić information content (AvgIpc) is 2.78. The molecule has 0 aromatic carbocycles. The van der Waals surface area contributed by atoms with Gasteiger partial charge in [0.25, 0.3) is 0 Å². The monoisotopic (exact) mass is 267 g/mol. The van der Waals surface area contributed by atoms with Crippen LogP contribution in [0.25, 0.3) is 0 Å². The van der Waals surface area contributed by atoms with Crippen molar-refractivity contribution in [3.63, 3.8) is 0 Å². The van der Waals surface area contributed by atoms with Gasteiger partial charge in [-0.2, -0.15) is 0 Å². The largest absolute Gasteiger partial charge is 0.481 e. The topological polar surface area (TPSA) is 66.4 Å². The number of aliphatic carboxylic acids is 1. The molecular weight excluding hydrogens is 242 g/mol. The number of amides is 1. The maximum Gasteiger partial charge on any atom is 0.306 e. The Bertz CT molecular complexity index is 342. The minimum Gasteiger partial charge on any atom is -0.481 e. The van der Waals surface area contributed by atoms with E-state index in [0.29, 0.717) is 24.8 Å². The Balaban J connectivity index is 1.85. The molecule has 2 unspecified atom stereocenters. The van der Waals surface area contributed by atoms with Crippen LogP contribution in [-0.2, 0) is 9.59 Å². The van der Waals surface area contributed by atoms with Crippen molar-refractivity contribution in [2.24, 2.45) is 17.8 Å². The Morgan fingerprint density at radius 2 is 1.68 bits per heavy atom. The molecule has 2 saturated carbocycles. The van der Waals surface area contributed by atoms with Gasteiger partial charge in [0.15, 0.2) is 0 Å². The summed E-state index contributed by atoms with van der Waals surface area (Å²) >= 11 is 0. The van der Waals surface area contributed by atoms with Crippen LogP contribution >= 0.6 is 0 Å². The third-order valence-corrected chi connectivity index (χ3v) is 4.84. The molecule has 4 heteroatoms. The van der Waals surface area contributed by atoms with Crippen molar-refractivity contribution in [3.8, 4) is 0 Å². The Kier molecular flexibility index (Phi) is 4.83. The second-order valence-electron chi connectivity index (χ2n) is 6.28. The van der Waals surface area contributed by atoms with E-state index in [1.165, 1.54) is 25.7 Å². The fourth-order valence-electron chi connectivity index (χ4n) is 3.45. The molecule has 0 aliphatic heterocycles. The van der Waals surface area contributed by atoms with E-state index in [-0.39, 0.29) is 17.7 Å². The summed E-state index contributed by atoms with van der Waals surface area (Å²) in [5, 5.41) is 12.2. The van der Waals surface area contributed by atoms with Crippen LogP contribution in [0.1, 0.15) is 58.3 Å². The quantitative estimate of drug-likeness (QED) is 0.772. The maximum atomic E-state index is 12.2. The number of nitrogens with one attached hydrogen (secondary N) is 1. The summed E-state index contributed by atoms with van der Waals surface area (Å²) in [4.78, 5) is 23.2. The molecule has 0 radical (unpaired) electrons. The molecule has 0 aromatic rings. The molecule has 4 atom stereocenters. The molecule has 0 spiro atoms. The highest BCUT2D eigenvalue weighted by molar-refractivity contribution is 5.81. The molecule has 2 rings (SSSR count). The van der Waals surface area contributed by atoms with E-state index >= 15 is 0 Å². The summed E-state index contributed by atoms with van der Waals surface area (Å²) in [5.41, 5.74) is 0. The van der Waals surface area contributed by atoms with E-state index < -0.39 is 5.97 Å². The molecule has 0 bridgehead atoms. The third kappa shape index (κ3) is 3.71. The first kappa shape index (κ1) is 14.4. The molecule has 4 nitrogen and oxygen atoms in total. The van der Waals surface area contributed by atoms with Gasteiger partial charge in [-0.1, -0.05) is 26.2 Å². The van der Waals surface area contributed by atoms with Gasteiger partial charge in [0.05, 0.1) is 5.92 Å². The van der Waals surface area contributed by atoms with Crippen LogP contribution in [0, 0.1) is 17.8 Å². The summed E-state index contributed by atoms with van der Waals surface area (Å²) in [6, 6.07) is 0.291. The zero-order chi connectivity index (χ0) is 13.8. The van der Waals surface area contributed by atoms with Gasteiger partial charge in [0.2, 0.25) is 5.91 Å². The average molecular weight is 267 g/mol. The molecular formula is C15H25NO3. The predicted octanol–water partition coefficient (Wildman–Crippen LogP) is 2.57. The fourth-order valence-corrected chi connectivity index (χ4v) is 3.45. The van der Waals surface area contributed by atoms with E-state index in [4.69, 9.17) is 5.11 Å². The van der Waals surface area contributed by atoms with Gasteiger partial charge in [0, 0.05) is 12.0 Å². The SMILES string of the molecule is CC1CCCCCC1NC(=O)[C@@H]1CC[C@H](C(=O)O)C1. The van der Waals surface area contributed by atoms with Crippen molar-refractivity contribution in [2.45, 2.75) is 64.3 Å². The number of hydrogen-bond donors (Lipinski definition) is 2. The molecule has 2 aliphatic rings. The maximum absolute atomic E-state index is 12.2. The first-order chi connectivity index (χ1) is 9.08. The molecule has 108 valence electrons. The summed E-state index contributed by atoms with van der Waals surface area (Å²) in [5.74, 6) is -0.525. The van der Waals surface area contributed by atoms with Crippen molar-refractivity contribution in [1.82, 2.24) is 5.32 Å². The van der Waals surface area contributed by atoms with Gasteiger partial charge in [-0.05, 0) is 38.0 Å². The minimum absolute atomic E-state index is 0.0856. The molecule has 0 saturated heterocycles. The molecule has 19 heavy (non-hydrogen) atoms. The van der Waals surface area contributed by atoms with Gasteiger partial charge in [-0.25, -0.2) is 0 Å². The van der Waals surface area contributed by atoms with Gasteiger partial charge in [-0.3, -0.25) is 9.59 Å². The smallest absolute Gasteiger partial charge is 0.306 e. The zero-order valence-corrected chi connectivity index (χ0v) is 11.7. The minimum atomic E-state index is -0.752. The highest BCUT2D eigenvalue weighted by Crippen LogP contribution is 2.32. The van der Waals surface area contributed by atoms with Crippen LogP contribution in [0.15, 0.2) is 0 Å². The first-order valence-electron chi connectivity index (χ1n) is 7.61. The van der Waals surface area contributed by atoms with Crippen LogP contribution in [0.2, 0.25) is 0 Å². The Morgan fingerprint density at radius 3 is 2.37 bits per heavy atom.